The third-order valence-electron chi connectivity index (χ3n) is 2.98. The number of aromatic nitrogens is 1. The first kappa shape index (κ1) is 16.4. The highest BCUT2D eigenvalue weighted by molar-refractivity contribution is 6.31. The van der Waals surface area contributed by atoms with E-state index in [4.69, 9.17) is 22.4 Å². The van der Waals surface area contributed by atoms with Gasteiger partial charge in [0, 0.05) is 11.1 Å². The second-order valence-electron chi connectivity index (χ2n) is 4.33. The van der Waals surface area contributed by atoms with Crippen LogP contribution in [0.1, 0.15) is 20.7 Å². The van der Waals surface area contributed by atoms with Crippen LogP contribution in [-0.2, 0) is 0 Å². The normalized spacial score (nSPS) is 10.6. The number of carbonyl (C=O) groups is 2. The third-order valence-corrected chi connectivity index (χ3v) is 3.32. The van der Waals surface area contributed by atoms with Crippen molar-refractivity contribution in [3.8, 4) is 11.1 Å². The van der Waals surface area contributed by atoms with E-state index in [2.05, 4.69) is 0 Å². The van der Waals surface area contributed by atoms with E-state index in [1.54, 1.807) is 0 Å². The molecular weight excluding hydrogens is 338 g/mol. The van der Waals surface area contributed by atoms with Crippen LogP contribution in [0.3, 0.4) is 0 Å². The molecule has 0 aliphatic carbocycles. The molecule has 0 atom stereocenters. The topological polar surface area (TPSA) is 133 Å². The standard InChI is InChI=1S/C13H7ClF2N2O5/c14-8-4(15)2-1-3(9(8)16)5-6(12(20)21)10(17)18-11(19)7(5)13(22)23/h1-2H,(H,20,21)(H,22,23)(H3,17,18,19). The number of rotatable bonds is 3. The number of benzene rings is 1. The summed E-state index contributed by atoms with van der Waals surface area (Å²) in [4.78, 5) is 36.3. The Morgan fingerprint density at radius 2 is 1.70 bits per heavy atom. The Morgan fingerprint density at radius 3 is 2.22 bits per heavy atom. The van der Waals surface area contributed by atoms with E-state index >= 15 is 0 Å². The van der Waals surface area contributed by atoms with Gasteiger partial charge in [-0.2, -0.15) is 0 Å². The van der Waals surface area contributed by atoms with Crippen LogP contribution in [0, 0.1) is 11.6 Å². The summed E-state index contributed by atoms with van der Waals surface area (Å²) in [5.74, 6) is -6.76. The zero-order valence-electron chi connectivity index (χ0n) is 11.0. The molecule has 120 valence electrons. The number of anilines is 1. The van der Waals surface area contributed by atoms with Crippen molar-refractivity contribution in [2.24, 2.45) is 0 Å². The fourth-order valence-electron chi connectivity index (χ4n) is 2.04. The number of nitrogen functional groups attached to an aromatic ring is 1. The van der Waals surface area contributed by atoms with Gasteiger partial charge in [-0.25, -0.2) is 18.4 Å². The molecule has 2 rings (SSSR count). The van der Waals surface area contributed by atoms with Gasteiger partial charge in [-0.15, -0.1) is 0 Å². The Balaban J connectivity index is 3.07. The number of halogens is 3. The maximum atomic E-state index is 14.2. The number of nitrogens with one attached hydrogen (secondary N) is 1. The van der Waals surface area contributed by atoms with Crippen molar-refractivity contribution in [1.82, 2.24) is 4.98 Å². The van der Waals surface area contributed by atoms with Gasteiger partial charge in [-0.1, -0.05) is 11.6 Å². The maximum absolute atomic E-state index is 14.2. The highest BCUT2D eigenvalue weighted by Gasteiger charge is 2.29. The Bertz CT molecular complexity index is 910. The maximum Gasteiger partial charge on any atom is 0.342 e. The molecule has 7 nitrogen and oxygen atoms in total. The third kappa shape index (κ3) is 2.61. The minimum atomic E-state index is -1.82. The number of carboxylic acid groups (broad SMARTS) is 2. The lowest BCUT2D eigenvalue weighted by atomic mass is 9.95. The van der Waals surface area contributed by atoms with Gasteiger partial charge in [0.2, 0.25) is 0 Å². The monoisotopic (exact) mass is 344 g/mol. The number of hydrogen-bond acceptors (Lipinski definition) is 4. The van der Waals surface area contributed by atoms with Gasteiger partial charge in [-0.3, -0.25) is 4.79 Å². The molecule has 23 heavy (non-hydrogen) atoms. The molecule has 0 amide bonds. The van der Waals surface area contributed by atoms with Crippen molar-refractivity contribution in [3.05, 3.63) is 50.3 Å². The van der Waals surface area contributed by atoms with Crippen molar-refractivity contribution >= 4 is 29.4 Å². The van der Waals surface area contributed by atoms with Crippen LogP contribution in [0.2, 0.25) is 5.02 Å². The molecule has 0 saturated carbocycles. The number of pyridine rings is 1. The van der Waals surface area contributed by atoms with Crippen LogP contribution in [-0.4, -0.2) is 27.1 Å². The number of nitrogens with two attached hydrogens (primary N) is 1. The van der Waals surface area contributed by atoms with E-state index in [-0.39, 0.29) is 0 Å². The van der Waals surface area contributed by atoms with Crippen LogP contribution in [0.15, 0.2) is 16.9 Å². The Labute approximate surface area is 130 Å². The SMILES string of the molecule is Nc1[nH]c(=O)c(C(=O)O)c(-c2ccc(F)c(Cl)c2F)c1C(=O)O. The Kier molecular flexibility index (Phi) is 4.06. The van der Waals surface area contributed by atoms with Gasteiger partial charge >= 0.3 is 11.9 Å². The fourth-order valence-corrected chi connectivity index (χ4v) is 2.20. The summed E-state index contributed by atoms with van der Waals surface area (Å²) >= 11 is 5.41. The van der Waals surface area contributed by atoms with Gasteiger partial charge in [0.05, 0.1) is 0 Å². The van der Waals surface area contributed by atoms with Crippen LogP contribution in [0.4, 0.5) is 14.6 Å². The van der Waals surface area contributed by atoms with E-state index in [9.17, 15) is 28.3 Å². The van der Waals surface area contributed by atoms with Crippen LogP contribution in [0.25, 0.3) is 11.1 Å². The second kappa shape index (κ2) is 5.69. The van der Waals surface area contributed by atoms with Crippen molar-refractivity contribution in [2.45, 2.75) is 0 Å². The summed E-state index contributed by atoms with van der Waals surface area (Å²) < 4.78 is 27.4. The summed E-state index contributed by atoms with van der Waals surface area (Å²) in [5.41, 5.74) is 0.769. The van der Waals surface area contributed by atoms with Crippen molar-refractivity contribution in [2.75, 3.05) is 5.73 Å². The van der Waals surface area contributed by atoms with E-state index in [0.717, 1.165) is 6.07 Å². The van der Waals surface area contributed by atoms with E-state index < -0.39 is 62.2 Å². The van der Waals surface area contributed by atoms with Crippen LogP contribution < -0.4 is 11.3 Å². The van der Waals surface area contributed by atoms with Gasteiger partial charge in [0.1, 0.15) is 27.8 Å². The van der Waals surface area contributed by atoms with Crippen molar-refractivity contribution in [3.63, 3.8) is 0 Å². The summed E-state index contributed by atoms with van der Waals surface area (Å²) in [5, 5.41) is 17.4. The average molecular weight is 345 g/mol. The first-order valence-corrected chi connectivity index (χ1v) is 6.20. The zero-order valence-corrected chi connectivity index (χ0v) is 11.7. The predicted molar refractivity (Wildman–Crippen MR) is 75.8 cm³/mol. The van der Waals surface area contributed by atoms with Gasteiger partial charge in [0.25, 0.3) is 5.56 Å². The number of carboxylic acids is 2. The van der Waals surface area contributed by atoms with Crippen molar-refractivity contribution < 1.29 is 28.6 Å². The lowest BCUT2D eigenvalue weighted by molar-refractivity contribution is 0.0695. The number of H-pyrrole nitrogens is 1. The molecule has 0 aliphatic rings. The minimum Gasteiger partial charge on any atom is -0.478 e. The molecule has 0 saturated heterocycles. The molecule has 5 N–H and O–H groups in total. The molecule has 0 spiro atoms. The molecule has 2 aromatic rings. The van der Waals surface area contributed by atoms with Crippen molar-refractivity contribution in [1.29, 1.82) is 0 Å². The van der Waals surface area contributed by atoms with E-state index in [1.807, 2.05) is 4.98 Å². The van der Waals surface area contributed by atoms with Crippen LogP contribution in [0.5, 0.6) is 0 Å². The molecular formula is C13H7ClF2N2O5. The summed E-state index contributed by atoms with van der Waals surface area (Å²) in [6.07, 6.45) is 0. The quantitative estimate of drug-likeness (QED) is 0.629. The lowest BCUT2D eigenvalue weighted by Crippen LogP contribution is -2.24. The van der Waals surface area contributed by atoms with E-state index in [1.165, 1.54) is 0 Å². The second-order valence-corrected chi connectivity index (χ2v) is 4.70. The highest BCUT2D eigenvalue weighted by atomic mass is 35.5. The number of aromatic amines is 1. The average Bonchev–Trinajstić information content (AvgIpc) is 2.43. The predicted octanol–water partition coefficient (Wildman–Crippen LogP) is 1.95. The molecule has 1 aromatic carbocycles. The molecule has 0 unspecified atom stereocenters. The highest BCUT2D eigenvalue weighted by Crippen LogP contribution is 2.34. The smallest absolute Gasteiger partial charge is 0.342 e. The molecule has 0 radical (unpaired) electrons. The van der Waals surface area contributed by atoms with Gasteiger partial charge in [0.15, 0.2) is 5.82 Å². The Morgan fingerprint density at radius 1 is 1.13 bits per heavy atom. The zero-order chi connectivity index (χ0) is 17.5. The van der Waals surface area contributed by atoms with Gasteiger partial charge in [-0.05, 0) is 12.1 Å². The molecule has 0 aliphatic heterocycles. The fraction of sp³-hybridized carbons (Fsp3) is 0. The molecule has 1 heterocycles. The molecule has 1 aromatic heterocycles. The summed E-state index contributed by atoms with van der Waals surface area (Å²) in [6, 6.07) is 1.47. The molecule has 0 fully saturated rings. The minimum absolute atomic E-state index is 0.677. The Hall–Kier alpha value is -2.94. The lowest BCUT2D eigenvalue weighted by Gasteiger charge is -2.13. The molecule has 10 heteroatoms. The summed E-state index contributed by atoms with van der Waals surface area (Å²) in [7, 11) is 0. The number of aromatic carboxylic acids is 2. The van der Waals surface area contributed by atoms with Crippen LogP contribution >= 0.6 is 11.6 Å². The molecule has 0 bridgehead atoms. The first-order chi connectivity index (χ1) is 10.7. The van der Waals surface area contributed by atoms with Gasteiger partial charge < -0.3 is 20.9 Å². The van der Waals surface area contributed by atoms with E-state index in [0.29, 0.717) is 6.07 Å². The summed E-state index contributed by atoms with van der Waals surface area (Å²) in [6.45, 7) is 0. The number of hydrogen-bond donors (Lipinski definition) is 4. The largest absolute Gasteiger partial charge is 0.478 e. The first-order valence-electron chi connectivity index (χ1n) is 5.83.